The highest BCUT2D eigenvalue weighted by Crippen LogP contribution is 2.17. The molecule has 1 rings (SSSR count). The first-order valence-corrected chi connectivity index (χ1v) is 6.99. The van der Waals surface area contributed by atoms with E-state index in [1.165, 1.54) is 51.5 Å². The van der Waals surface area contributed by atoms with Crippen LogP contribution in [0, 0.1) is 5.92 Å². The highest BCUT2D eigenvalue weighted by atomic mass is 15.1. The number of hydrogen-bond donors (Lipinski definition) is 0. The molecule has 0 saturated heterocycles. The van der Waals surface area contributed by atoms with Crippen LogP contribution in [0.5, 0.6) is 0 Å². The summed E-state index contributed by atoms with van der Waals surface area (Å²) < 4.78 is 0. The van der Waals surface area contributed by atoms with Crippen LogP contribution in [-0.4, -0.2) is 11.4 Å². The van der Waals surface area contributed by atoms with Gasteiger partial charge >= 0.3 is 0 Å². The monoisotopic (exact) mass is 221 g/mol. The Kier molecular flexibility index (Phi) is 7.03. The molecule has 0 atom stereocenters. The van der Waals surface area contributed by atoms with Gasteiger partial charge in [0.1, 0.15) is 0 Å². The van der Waals surface area contributed by atoms with Crippen LogP contribution in [0.4, 0.5) is 0 Å². The van der Waals surface area contributed by atoms with Gasteiger partial charge in [-0.25, -0.2) is 0 Å². The van der Waals surface area contributed by atoms with Gasteiger partial charge in [0.2, 0.25) is 0 Å². The van der Waals surface area contributed by atoms with Gasteiger partial charge in [0.05, 0.1) is 0 Å². The zero-order valence-electron chi connectivity index (χ0n) is 11.0. The van der Waals surface area contributed by atoms with E-state index >= 15 is 0 Å². The molecule has 1 aliphatic rings. The van der Waals surface area contributed by atoms with Gasteiger partial charge in [-0.05, 0) is 18.8 Å². The molecule has 1 heterocycles. The third-order valence-electron chi connectivity index (χ3n) is 3.21. The van der Waals surface area contributed by atoms with Crippen LogP contribution in [-0.2, 0) is 0 Å². The van der Waals surface area contributed by atoms with Crippen molar-refractivity contribution in [2.45, 2.75) is 58.8 Å². The van der Waals surface area contributed by atoms with Gasteiger partial charge in [-0.15, -0.1) is 0 Å². The summed E-state index contributed by atoms with van der Waals surface area (Å²) in [5, 5.41) is 0. The standard InChI is InChI=1S/C15H27N/c1-3-5-7-9-15-10-13-16(14-11-15)12-8-6-4-2/h10-11,13-15H,3-9,12H2,1-2H3. The molecule has 0 saturated carbocycles. The maximum absolute atomic E-state index is 2.36. The SMILES string of the molecule is CCCCCC1C=CN(CCCCC)C=C1. The van der Waals surface area contributed by atoms with E-state index in [1.807, 2.05) is 0 Å². The van der Waals surface area contributed by atoms with Crippen LogP contribution in [0.1, 0.15) is 58.8 Å². The molecule has 16 heavy (non-hydrogen) atoms. The molecule has 0 aromatic carbocycles. The molecule has 0 radical (unpaired) electrons. The average molecular weight is 221 g/mol. The highest BCUT2D eigenvalue weighted by molar-refractivity contribution is 5.07. The topological polar surface area (TPSA) is 3.24 Å². The minimum absolute atomic E-state index is 0.689. The van der Waals surface area contributed by atoms with Crippen molar-refractivity contribution in [3.63, 3.8) is 0 Å². The summed E-state index contributed by atoms with van der Waals surface area (Å²) in [4.78, 5) is 2.33. The van der Waals surface area contributed by atoms with Gasteiger partial charge in [0.25, 0.3) is 0 Å². The minimum atomic E-state index is 0.689. The second kappa shape index (κ2) is 8.43. The Labute approximate surface area is 101 Å². The molecule has 0 amide bonds. The van der Waals surface area contributed by atoms with E-state index in [-0.39, 0.29) is 0 Å². The number of allylic oxidation sites excluding steroid dienone is 2. The predicted molar refractivity (Wildman–Crippen MR) is 72.1 cm³/mol. The van der Waals surface area contributed by atoms with Gasteiger partial charge in [-0.1, -0.05) is 58.1 Å². The third-order valence-corrected chi connectivity index (χ3v) is 3.21. The zero-order valence-corrected chi connectivity index (χ0v) is 11.0. The molecule has 1 heteroatoms. The Bertz CT molecular complexity index is 181. The highest BCUT2D eigenvalue weighted by Gasteiger charge is 2.06. The molecule has 0 fully saturated rings. The lowest BCUT2D eigenvalue weighted by molar-refractivity contribution is 0.455. The molecule has 0 spiro atoms. The van der Waals surface area contributed by atoms with Gasteiger partial charge in [-0.3, -0.25) is 0 Å². The normalized spacial score (nSPS) is 16.0. The Morgan fingerprint density at radius 2 is 1.50 bits per heavy atom. The summed E-state index contributed by atoms with van der Waals surface area (Å²) in [7, 11) is 0. The number of unbranched alkanes of at least 4 members (excludes halogenated alkanes) is 4. The van der Waals surface area contributed by atoms with Crippen molar-refractivity contribution < 1.29 is 0 Å². The number of nitrogens with zero attached hydrogens (tertiary/aromatic N) is 1. The largest absolute Gasteiger partial charge is 0.355 e. The first-order chi connectivity index (χ1) is 7.86. The summed E-state index contributed by atoms with van der Waals surface area (Å²) in [6, 6.07) is 0. The van der Waals surface area contributed by atoms with Gasteiger partial charge in [-0.2, -0.15) is 0 Å². The minimum Gasteiger partial charge on any atom is -0.355 e. The van der Waals surface area contributed by atoms with E-state index < -0.39 is 0 Å². The van der Waals surface area contributed by atoms with E-state index in [0.717, 1.165) is 0 Å². The van der Waals surface area contributed by atoms with Crippen molar-refractivity contribution in [3.8, 4) is 0 Å². The first-order valence-electron chi connectivity index (χ1n) is 6.99. The van der Waals surface area contributed by atoms with Crippen LogP contribution in [0.15, 0.2) is 24.6 Å². The van der Waals surface area contributed by atoms with Crippen molar-refractivity contribution in [1.29, 1.82) is 0 Å². The van der Waals surface area contributed by atoms with Crippen molar-refractivity contribution in [1.82, 2.24) is 4.90 Å². The fourth-order valence-corrected chi connectivity index (χ4v) is 2.07. The van der Waals surface area contributed by atoms with E-state index in [9.17, 15) is 0 Å². The lowest BCUT2D eigenvalue weighted by Gasteiger charge is -2.21. The third kappa shape index (κ3) is 5.39. The van der Waals surface area contributed by atoms with Crippen LogP contribution < -0.4 is 0 Å². The number of hydrogen-bond acceptors (Lipinski definition) is 1. The van der Waals surface area contributed by atoms with E-state index in [0.29, 0.717) is 5.92 Å². The second-order valence-corrected chi connectivity index (χ2v) is 4.79. The Hall–Kier alpha value is -0.720. The lowest BCUT2D eigenvalue weighted by atomic mass is 10.00. The van der Waals surface area contributed by atoms with Crippen LogP contribution in [0.2, 0.25) is 0 Å². The van der Waals surface area contributed by atoms with Crippen LogP contribution >= 0.6 is 0 Å². The fourth-order valence-electron chi connectivity index (χ4n) is 2.07. The van der Waals surface area contributed by atoms with Crippen molar-refractivity contribution >= 4 is 0 Å². The van der Waals surface area contributed by atoms with E-state index in [4.69, 9.17) is 0 Å². The molecule has 0 aliphatic carbocycles. The molecular weight excluding hydrogens is 194 g/mol. The summed E-state index contributed by atoms with van der Waals surface area (Å²) in [6.45, 7) is 5.70. The number of rotatable bonds is 8. The fraction of sp³-hybridized carbons (Fsp3) is 0.733. The van der Waals surface area contributed by atoms with Gasteiger partial charge in [0.15, 0.2) is 0 Å². The zero-order chi connectivity index (χ0) is 11.6. The van der Waals surface area contributed by atoms with Crippen LogP contribution in [0.3, 0.4) is 0 Å². The second-order valence-electron chi connectivity index (χ2n) is 4.79. The van der Waals surface area contributed by atoms with Crippen LogP contribution in [0.25, 0.3) is 0 Å². The Balaban J connectivity index is 2.14. The summed E-state index contributed by atoms with van der Waals surface area (Å²) in [6.07, 6.45) is 18.6. The molecule has 1 nitrogen and oxygen atoms in total. The lowest BCUT2D eigenvalue weighted by Crippen LogP contribution is -2.15. The van der Waals surface area contributed by atoms with Gasteiger partial charge < -0.3 is 4.90 Å². The molecule has 0 bridgehead atoms. The van der Waals surface area contributed by atoms with Crippen molar-refractivity contribution in [3.05, 3.63) is 24.6 Å². The van der Waals surface area contributed by atoms with E-state index in [1.54, 1.807) is 0 Å². The molecule has 0 aromatic heterocycles. The molecule has 0 N–H and O–H groups in total. The maximum Gasteiger partial charge on any atom is 0.0219 e. The summed E-state index contributed by atoms with van der Waals surface area (Å²) in [5.41, 5.74) is 0. The Morgan fingerprint density at radius 3 is 2.12 bits per heavy atom. The predicted octanol–water partition coefficient (Wildman–Crippen LogP) is 4.72. The molecule has 1 aliphatic heterocycles. The van der Waals surface area contributed by atoms with E-state index in [2.05, 4.69) is 43.3 Å². The maximum atomic E-state index is 2.36. The molecule has 92 valence electrons. The smallest absolute Gasteiger partial charge is 0.0219 e. The summed E-state index contributed by atoms with van der Waals surface area (Å²) in [5.74, 6) is 0.689. The summed E-state index contributed by atoms with van der Waals surface area (Å²) >= 11 is 0. The molecule has 0 aromatic rings. The van der Waals surface area contributed by atoms with Crippen molar-refractivity contribution in [2.75, 3.05) is 6.54 Å². The Morgan fingerprint density at radius 1 is 0.875 bits per heavy atom. The molecular formula is C15H27N. The molecule has 0 unspecified atom stereocenters. The van der Waals surface area contributed by atoms with Crippen molar-refractivity contribution in [2.24, 2.45) is 5.92 Å². The van der Waals surface area contributed by atoms with Gasteiger partial charge in [0, 0.05) is 18.9 Å². The quantitative estimate of drug-likeness (QED) is 0.536. The first kappa shape index (κ1) is 13.3. The average Bonchev–Trinajstić information content (AvgIpc) is 2.32.